The third-order valence-electron chi connectivity index (χ3n) is 3.19. The molecule has 0 fully saturated rings. The maximum absolute atomic E-state index is 12.1. The van der Waals surface area contributed by atoms with Crippen molar-refractivity contribution in [3.63, 3.8) is 0 Å². The molecule has 1 heterocycles. The minimum atomic E-state index is -0.518. The van der Waals surface area contributed by atoms with Crippen molar-refractivity contribution in [1.82, 2.24) is 0 Å². The fourth-order valence-electron chi connectivity index (χ4n) is 2.14. The van der Waals surface area contributed by atoms with Gasteiger partial charge < -0.3 is 19.4 Å². The van der Waals surface area contributed by atoms with E-state index in [9.17, 15) is 14.9 Å². The Morgan fingerprint density at radius 3 is 2.83 bits per heavy atom. The number of hydrogen-bond acceptors (Lipinski definition) is 5. The fourth-order valence-corrected chi connectivity index (χ4v) is 2.14. The highest BCUT2D eigenvalue weighted by Crippen LogP contribution is 2.28. The van der Waals surface area contributed by atoms with E-state index in [2.05, 4.69) is 5.32 Å². The van der Waals surface area contributed by atoms with Crippen molar-refractivity contribution < 1.29 is 23.8 Å². The number of nitro groups is 1. The number of ether oxygens (including phenoxy) is 1. The van der Waals surface area contributed by atoms with Gasteiger partial charge in [0.2, 0.25) is 0 Å². The molecule has 1 aromatic heterocycles. The van der Waals surface area contributed by atoms with Crippen LogP contribution in [0.2, 0.25) is 0 Å². The molecule has 2 rings (SSSR count). The molecule has 0 aliphatic carbocycles. The van der Waals surface area contributed by atoms with Crippen LogP contribution in [-0.2, 0) is 11.3 Å². The molecule has 1 atom stereocenters. The van der Waals surface area contributed by atoms with Gasteiger partial charge in [-0.1, -0.05) is 0 Å². The Morgan fingerprint density at radius 2 is 2.22 bits per heavy atom. The highest BCUT2D eigenvalue weighted by Gasteiger charge is 2.16. The third kappa shape index (κ3) is 4.55. The Balaban J connectivity index is 1.98. The van der Waals surface area contributed by atoms with E-state index in [1.165, 1.54) is 25.3 Å². The normalized spacial score (nSPS) is 11.7. The van der Waals surface area contributed by atoms with E-state index in [1.54, 1.807) is 12.3 Å². The van der Waals surface area contributed by atoms with E-state index >= 15 is 0 Å². The van der Waals surface area contributed by atoms with Crippen LogP contribution in [0.3, 0.4) is 0 Å². The molecule has 2 N–H and O–H groups in total. The van der Waals surface area contributed by atoms with Gasteiger partial charge in [-0.3, -0.25) is 14.9 Å². The first-order chi connectivity index (χ1) is 11.0. The molecule has 0 saturated carbocycles. The van der Waals surface area contributed by atoms with Crippen molar-refractivity contribution in [2.75, 3.05) is 26.0 Å². The third-order valence-corrected chi connectivity index (χ3v) is 3.19. The van der Waals surface area contributed by atoms with E-state index in [-0.39, 0.29) is 23.9 Å². The Kier molecular flexibility index (Phi) is 5.32. The van der Waals surface area contributed by atoms with Gasteiger partial charge in [-0.05, 0) is 18.2 Å². The molecule has 1 aromatic carbocycles. The molecule has 1 amide bonds. The summed E-state index contributed by atoms with van der Waals surface area (Å²) in [6, 6.07) is 7.69. The van der Waals surface area contributed by atoms with Gasteiger partial charge >= 0.3 is 0 Å². The first-order valence-corrected chi connectivity index (χ1v) is 6.95. The predicted molar refractivity (Wildman–Crippen MR) is 82.4 cm³/mol. The van der Waals surface area contributed by atoms with Gasteiger partial charge in [0.25, 0.3) is 11.6 Å². The summed E-state index contributed by atoms with van der Waals surface area (Å²) in [6.07, 6.45) is 1.59. The molecule has 0 aliphatic rings. The lowest BCUT2D eigenvalue weighted by Crippen LogP contribution is -3.08. The van der Waals surface area contributed by atoms with Gasteiger partial charge in [-0.25, -0.2) is 0 Å². The maximum atomic E-state index is 12.1. The number of carbonyl (C=O) groups is 1. The summed E-state index contributed by atoms with van der Waals surface area (Å²) in [5.41, 5.74) is 0.300. The minimum absolute atomic E-state index is 0.0968. The molecule has 8 heteroatoms. The first kappa shape index (κ1) is 16.5. The highest BCUT2D eigenvalue weighted by atomic mass is 16.6. The molecule has 122 valence electrons. The summed E-state index contributed by atoms with van der Waals surface area (Å²) in [5, 5.41) is 13.4. The molecule has 0 saturated heterocycles. The number of likely N-dealkylation sites (N-methyl/N-ethyl adjacent to an activating group) is 1. The van der Waals surface area contributed by atoms with Gasteiger partial charge in [0.05, 0.1) is 37.1 Å². The number of anilines is 1. The van der Waals surface area contributed by atoms with Gasteiger partial charge in [0.1, 0.15) is 12.3 Å². The summed E-state index contributed by atoms with van der Waals surface area (Å²) in [4.78, 5) is 23.3. The average Bonchev–Trinajstić information content (AvgIpc) is 2.99. The molecule has 1 unspecified atom stereocenters. The Labute approximate surface area is 132 Å². The number of hydrogen-bond donors (Lipinski definition) is 2. The summed E-state index contributed by atoms with van der Waals surface area (Å²) in [6.45, 7) is 0.804. The molecule has 8 nitrogen and oxygen atoms in total. The lowest BCUT2D eigenvalue weighted by molar-refractivity contribution is -0.886. The van der Waals surface area contributed by atoms with Crippen LogP contribution in [0, 0.1) is 10.1 Å². The zero-order valence-electron chi connectivity index (χ0n) is 12.9. The number of benzene rings is 1. The summed E-state index contributed by atoms with van der Waals surface area (Å²) in [7, 11) is 3.26. The number of quaternary nitrogens is 1. The summed E-state index contributed by atoms with van der Waals surface area (Å²) >= 11 is 0. The number of nitrogens with zero attached hydrogens (tertiary/aromatic N) is 1. The van der Waals surface area contributed by atoms with Gasteiger partial charge in [0.15, 0.2) is 12.3 Å². The average molecular weight is 320 g/mol. The second kappa shape index (κ2) is 7.41. The van der Waals surface area contributed by atoms with E-state index < -0.39 is 4.92 Å². The lowest BCUT2D eigenvalue weighted by Gasteiger charge is -2.13. The highest BCUT2D eigenvalue weighted by molar-refractivity contribution is 5.93. The van der Waals surface area contributed by atoms with Crippen LogP contribution in [0.1, 0.15) is 5.76 Å². The number of nitro benzene ring substituents is 1. The number of non-ortho nitro benzene ring substituents is 1. The largest absolute Gasteiger partial charge is 0.494 e. The monoisotopic (exact) mass is 320 g/mol. The van der Waals surface area contributed by atoms with Crippen molar-refractivity contribution >= 4 is 17.3 Å². The topological polar surface area (TPSA) is 99.0 Å². The van der Waals surface area contributed by atoms with E-state index in [0.29, 0.717) is 12.2 Å². The van der Waals surface area contributed by atoms with Crippen LogP contribution >= 0.6 is 0 Å². The van der Waals surface area contributed by atoms with Crippen molar-refractivity contribution in [2.24, 2.45) is 0 Å². The Bertz CT molecular complexity index is 684. The van der Waals surface area contributed by atoms with Crippen molar-refractivity contribution in [2.45, 2.75) is 6.54 Å². The van der Waals surface area contributed by atoms with E-state index in [4.69, 9.17) is 9.15 Å². The molecular formula is C15H18N3O5+. The van der Waals surface area contributed by atoms with Crippen LogP contribution < -0.4 is 15.0 Å². The van der Waals surface area contributed by atoms with E-state index in [1.807, 2.05) is 13.1 Å². The van der Waals surface area contributed by atoms with Crippen LogP contribution in [-0.4, -0.2) is 31.5 Å². The van der Waals surface area contributed by atoms with Crippen LogP contribution in [0.5, 0.6) is 5.75 Å². The zero-order chi connectivity index (χ0) is 16.8. The lowest BCUT2D eigenvalue weighted by atomic mass is 10.2. The van der Waals surface area contributed by atoms with Gasteiger partial charge in [-0.2, -0.15) is 0 Å². The standard InChI is InChI=1S/C15H17N3O5/c1-17(9-12-4-3-7-23-12)10-15(19)16-13-6-5-11(18(20)21)8-14(13)22-2/h3-8H,9-10H2,1-2H3,(H,16,19)/p+1. The zero-order valence-corrected chi connectivity index (χ0v) is 12.9. The smallest absolute Gasteiger partial charge is 0.279 e. The molecule has 0 radical (unpaired) electrons. The molecule has 0 aliphatic heterocycles. The van der Waals surface area contributed by atoms with Crippen LogP contribution in [0.15, 0.2) is 41.0 Å². The number of nitrogens with one attached hydrogen (secondary N) is 2. The summed E-state index contributed by atoms with van der Waals surface area (Å²) < 4.78 is 10.3. The van der Waals surface area contributed by atoms with Gasteiger partial charge in [0, 0.05) is 6.07 Å². The number of rotatable bonds is 7. The minimum Gasteiger partial charge on any atom is -0.494 e. The van der Waals surface area contributed by atoms with Crippen molar-refractivity contribution in [1.29, 1.82) is 0 Å². The molecule has 0 bridgehead atoms. The number of methoxy groups -OCH3 is 1. The quantitative estimate of drug-likeness (QED) is 0.582. The Morgan fingerprint density at radius 1 is 1.43 bits per heavy atom. The van der Waals surface area contributed by atoms with Crippen molar-refractivity contribution in [3.05, 3.63) is 52.5 Å². The second-order valence-electron chi connectivity index (χ2n) is 5.08. The van der Waals surface area contributed by atoms with E-state index in [0.717, 1.165) is 10.7 Å². The fraction of sp³-hybridized carbons (Fsp3) is 0.267. The second-order valence-corrected chi connectivity index (χ2v) is 5.08. The molecule has 0 spiro atoms. The first-order valence-electron chi connectivity index (χ1n) is 6.95. The number of furan rings is 1. The molecular weight excluding hydrogens is 302 g/mol. The predicted octanol–water partition coefficient (Wildman–Crippen LogP) is 0.850. The summed E-state index contributed by atoms with van der Waals surface area (Å²) in [5.74, 6) is 0.820. The Hall–Kier alpha value is -2.87. The number of amides is 1. The number of carbonyl (C=O) groups excluding carboxylic acids is 1. The molecule has 2 aromatic rings. The maximum Gasteiger partial charge on any atom is 0.279 e. The SMILES string of the molecule is COc1cc([N+](=O)[O-])ccc1NC(=O)C[NH+](C)Cc1ccco1. The van der Waals surface area contributed by atoms with Crippen LogP contribution in [0.25, 0.3) is 0 Å². The van der Waals surface area contributed by atoms with Crippen molar-refractivity contribution in [3.8, 4) is 5.75 Å². The van der Waals surface area contributed by atoms with Gasteiger partial charge in [-0.15, -0.1) is 0 Å². The molecule has 23 heavy (non-hydrogen) atoms. The van der Waals surface area contributed by atoms with Crippen LogP contribution in [0.4, 0.5) is 11.4 Å².